The maximum atomic E-state index is 11.5. The van der Waals surface area contributed by atoms with Crippen LogP contribution in [0.5, 0.6) is 0 Å². The lowest BCUT2D eigenvalue weighted by atomic mass is 10.1. The molecule has 0 spiro atoms. The van der Waals surface area contributed by atoms with Gasteiger partial charge in [0.15, 0.2) is 5.17 Å². The maximum absolute atomic E-state index is 11.5. The van der Waals surface area contributed by atoms with E-state index in [0.717, 1.165) is 42.6 Å². The van der Waals surface area contributed by atoms with E-state index in [1.807, 2.05) is 11.8 Å². The smallest absolute Gasteiger partial charge is 0.220 e. The third-order valence-corrected chi connectivity index (χ3v) is 4.35. The molecule has 2 rings (SSSR count). The Kier molecular flexibility index (Phi) is 5.55. The highest BCUT2D eigenvalue weighted by Crippen LogP contribution is 2.20. The van der Waals surface area contributed by atoms with Crippen molar-refractivity contribution in [3.05, 3.63) is 0 Å². The molecular weight excluding hydrogens is 258 g/mol. The SMILES string of the molecule is CC(C)CC1CSC(=NCCCC(=O)NC2CC2)N1. The average molecular weight is 283 g/mol. The van der Waals surface area contributed by atoms with Gasteiger partial charge in [0, 0.05) is 30.8 Å². The number of thioether (sulfide) groups is 1. The van der Waals surface area contributed by atoms with E-state index in [9.17, 15) is 4.79 Å². The number of aliphatic imine (C=N–C) groups is 1. The van der Waals surface area contributed by atoms with E-state index in [-0.39, 0.29) is 5.91 Å². The highest BCUT2D eigenvalue weighted by molar-refractivity contribution is 8.14. The summed E-state index contributed by atoms with van der Waals surface area (Å²) in [6.45, 7) is 5.25. The van der Waals surface area contributed by atoms with Crippen molar-refractivity contribution in [3.63, 3.8) is 0 Å². The summed E-state index contributed by atoms with van der Waals surface area (Å²) in [5.74, 6) is 2.04. The van der Waals surface area contributed by atoms with Gasteiger partial charge in [0.2, 0.25) is 5.91 Å². The molecule has 0 radical (unpaired) electrons. The second-order valence-corrected chi connectivity index (χ2v) is 6.92. The molecule has 0 aromatic heterocycles. The van der Waals surface area contributed by atoms with Gasteiger partial charge in [0.1, 0.15) is 0 Å². The van der Waals surface area contributed by atoms with Crippen molar-refractivity contribution in [2.75, 3.05) is 12.3 Å². The second-order valence-electron chi connectivity index (χ2n) is 5.91. The minimum absolute atomic E-state index is 0.187. The van der Waals surface area contributed by atoms with Crippen molar-refractivity contribution < 1.29 is 4.79 Å². The summed E-state index contributed by atoms with van der Waals surface area (Å²) >= 11 is 1.81. The number of rotatable bonds is 7. The predicted octanol–water partition coefficient (Wildman–Crippen LogP) is 2.15. The van der Waals surface area contributed by atoms with Crippen LogP contribution < -0.4 is 10.6 Å². The van der Waals surface area contributed by atoms with Gasteiger partial charge >= 0.3 is 0 Å². The van der Waals surface area contributed by atoms with Crippen LogP contribution in [0.25, 0.3) is 0 Å². The van der Waals surface area contributed by atoms with Crippen molar-refractivity contribution in [1.29, 1.82) is 0 Å². The summed E-state index contributed by atoms with van der Waals surface area (Å²) in [6.07, 6.45) is 4.97. The average Bonchev–Trinajstić information content (AvgIpc) is 3.03. The molecule has 1 aliphatic carbocycles. The largest absolute Gasteiger partial charge is 0.361 e. The Morgan fingerprint density at radius 3 is 3.00 bits per heavy atom. The third kappa shape index (κ3) is 5.85. The van der Waals surface area contributed by atoms with Crippen LogP contribution in [0.1, 0.15) is 46.0 Å². The van der Waals surface area contributed by atoms with Crippen molar-refractivity contribution in [2.45, 2.75) is 58.0 Å². The Morgan fingerprint density at radius 2 is 2.32 bits per heavy atom. The van der Waals surface area contributed by atoms with Gasteiger partial charge in [-0.15, -0.1) is 0 Å². The molecule has 2 N–H and O–H groups in total. The molecule has 0 bridgehead atoms. The lowest BCUT2D eigenvalue weighted by Crippen LogP contribution is -2.28. The summed E-state index contributed by atoms with van der Waals surface area (Å²) in [6, 6.07) is 1.05. The third-order valence-electron chi connectivity index (χ3n) is 3.26. The van der Waals surface area contributed by atoms with Crippen molar-refractivity contribution in [1.82, 2.24) is 10.6 Å². The zero-order chi connectivity index (χ0) is 13.7. The highest BCUT2D eigenvalue weighted by Gasteiger charge is 2.23. The van der Waals surface area contributed by atoms with E-state index in [0.29, 0.717) is 18.5 Å². The van der Waals surface area contributed by atoms with Gasteiger partial charge in [-0.25, -0.2) is 0 Å². The van der Waals surface area contributed by atoms with Gasteiger partial charge in [-0.3, -0.25) is 9.79 Å². The molecule has 2 fully saturated rings. The summed E-state index contributed by atoms with van der Waals surface area (Å²) in [4.78, 5) is 16.0. The van der Waals surface area contributed by atoms with Gasteiger partial charge in [-0.05, 0) is 31.6 Å². The van der Waals surface area contributed by atoms with Crippen LogP contribution in [0.4, 0.5) is 0 Å². The molecule has 1 unspecified atom stereocenters. The zero-order valence-electron chi connectivity index (χ0n) is 11.9. The summed E-state index contributed by atoms with van der Waals surface area (Å²) in [7, 11) is 0. The molecule has 2 aliphatic rings. The van der Waals surface area contributed by atoms with E-state index < -0.39 is 0 Å². The standard InChI is InChI=1S/C14H25N3OS/c1-10(2)8-12-9-19-14(17-12)15-7-3-4-13(18)16-11-5-6-11/h10-12H,3-9H2,1-2H3,(H,15,17)(H,16,18). The first-order valence-electron chi connectivity index (χ1n) is 7.36. The van der Waals surface area contributed by atoms with E-state index in [1.54, 1.807) is 0 Å². The van der Waals surface area contributed by atoms with Crippen molar-refractivity contribution in [2.24, 2.45) is 10.9 Å². The van der Waals surface area contributed by atoms with E-state index >= 15 is 0 Å². The van der Waals surface area contributed by atoms with E-state index in [2.05, 4.69) is 29.5 Å². The molecule has 4 nitrogen and oxygen atoms in total. The lowest BCUT2D eigenvalue weighted by molar-refractivity contribution is -0.121. The van der Waals surface area contributed by atoms with Crippen molar-refractivity contribution >= 4 is 22.8 Å². The van der Waals surface area contributed by atoms with Crippen LogP contribution in [0.15, 0.2) is 4.99 Å². The molecule has 0 aromatic rings. The number of amidine groups is 1. The molecule has 1 saturated carbocycles. The molecule has 19 heavy (non-hydrogen) atoms. The molecule has 1 aliphatic heterocycles. The van der Waals surface area contributed by atoms with Gasteiger partial charge in [0.25, 0.3) is 0 Å². The molecule has 1 saturated heterocycles. The van der Waals surface area contributed by atoms with Gasteiger partial charge in [0.05, 0.1) is 0 Å². The minimum atomic E-state index is 0.187. The first-order valence-corrected chi connectivity index (χ1v) is 8.35. The van der Waals surface area contributed by atoms with Crippen molar-refractivity contribution in [3.8, 4) is 0 Å². The topological polar surface area (TPSA) is 53.5 Å². The lowest BCUT2D eigenvalue weighted by Gasteiger charge is -2.11. The minimum Gasteiger partial charge on any atom is -0.361 e. The summed E-state index contributed by atoms with van der Waals surface area (Å²) in [5, 5.41) is 7.53. The quantitative estimate of drug-likeness (QED) is 0.704. The van der Waals surface area contributed by atoms with Crippen LogP contribution in [0, 0.1) is 5.92 Å². The first-order chi connectivity index (χ1) is 9.13. The summed E-state index contributed by atoms with van der Waals surface area (Å²) in [5.41, 5.74) is 0. The Morgan fingerprint density at radius 1 is 1.53 bits per heavy atom. The number of hydrogen-bond acceptors (Lipinski definition) is 3. The molecule has 0 aromatic carbocycles. The Balaban J connectivity index is 1.56. The Labute approximate surface area is 120 Å². The molecular formula is C14H25N3OS. The molecule has 1 heterocycles. The van der Waals surface area contributed by atoms with Gasteiger partial charge in [-0.2, -0.15) is 0 Å². The number of amides is 1. The Bertz CT molecular complexity index is 340. The first kappa shape index (κ1) is 14.7. The fourth-order valence-corrected chi connectivity index (χ4v) is 3.18. The molecule has 1 atom stereocenters. The van der Waals surface area contributed by atoms with Crippen LogP contribution in [0.3, 0.4) is 0 Å². The molecule has 5 heteroatoms. The van der Waals surface area contributed by atoms with Crippen LogP contribution in [-0.4, -0.2) is 35.5 Å². The summed E-state index contributed by atoms with van der Waals surface area (Å²) < 4.78 is 0. The Hall–Kier alpha value is -0.710. The predicted molar refractivity (Wildman–Crippen MR) is 81.5 cm³/mol. The van der Waals surface area contributed by atoms with Crippen LogP contribution in [-0.2, 0) is 4.79 Å². The number of nitrogens with zero attached hydrogens (tertiary/aromatic N) is 1. The zero-order valence-corrected chi connectivity index (χ0v) is 12.8. The number of nitrogens with one attached hydrogen (secondary N) is 2. The van der Waals surface area contributed by atoms with Crippen LogP contribution >= 0.6 is 11.8 Å². The number of carbonyl (C=O) groups excluding carboxylic acids is 1. The maximum Gasteiger partial charge on any atom is 0.220 e. The molecule has 1 amide bonds. The van der Waals surface area contributed by atoms with E-state index in [1.165, 1.54) is 6.42 Å². The molecule has 108 valence electrons. The fourth-order valence-electron chi connectivity index (χ4n) is 2.17. The monoisotopic (exact) mass is 283 g/mol. The highest BCUT2D eigenvalue weighted by atomic mass is 32.2. The number of carbonyl (C=O) groups is 1. The second kappa shape index (κ2) is 7.17. The van der Waals surface area contributed by atoms with Gasteiger partial charge < -0.3 is 10.6 Å². The van der Waals surface area contributed by atoms with Crippen LogP contribution in [0.2, 0.25) is 0 Å². The van der Waals surface area contributed by atoms with E-state index in [4.69, 9.17) is 0 Å². The fraction of sp³-hybridized carbons (Fsp3) is 0.857. The van der Waals surface area contributed by atoms with Gasteiger partial charge in [-0.1, -0.05) is 25.6 Å². The number of hydrogen-bond donors (Lipinski definition) is 2. The normalized spacial score (nSPS) is 24.8.